The Balaban J connectivity index is 1.65. The molecule has 0 heterocycles. The van der Waals surface area contributed by atoms with Crippen molar-refractivity contribution >= 4 is 0 Å². The molecule has 2 aliphatic rings. The number of nitrogens with two attached hydrogens (primary N) is 1. The lowest BCUT2D eigenvalue weighted by molar-refractivity contribution is 0.415. The minimum absolute atomic E-state index is 0.370. The Hall–Kier alpha value is -0.820. The van der Waals surface area contributed by atoms with Gasteiger partial charge in [0, 0.05) is 6.04 Å². The van der Waals surface area contributed by atoms with Crippen LogP contribution in [0.1, 0.15) is 49.3 Å². The van der Waals surface area contributed by atoms with Gasteiger partial charge in [-0.25, -0.2) is 0 Å². The minimum atomic E-state index is 0.370. The molecule has 3 atom stereocenters. The van der Waals surface area contributed by atoms with Crippen molar-refractivity contribution in [3.63, 3.8) is 0 Å². The zero-order chi connectivity index (χ0) is 12.5. The van der Waals surface area contributed by atoms with E-state index in [1.807, 2.05) is 0 Å². The second kappa shape index (κ2) is 5.05. The number of hydrogen-bond donors (Lipinski definition) is 1. The average molecular weight is 243 g/mol. The quantitative estimate of drug-likeness (QED) is 0.864. The van der Waals surface area contributed by atoms with Gasteiger partial charge < -0.3 is 5.73 Å². The molecule has 98 valence electrons. The topological polar surface area (TPSA) is 26.0 Å². The number of benzene rings is 1. The molecule has 0 spiro atoms. The summed E-state index contributed by atoms with van der Waals surface area (Å²) in [6.07, 6.45) is 9.03. The predicted molar refractivity (Wildman–Crippen MR) is 76.7 cm³/mol. The molecule has 2 aliphatic carbocycles. The number of aryl methyl sites for hydroxylation is 2. The van der Waals surface area contributed by atoms with Crippen LogP contribution in [0.25, 0.3) is 0 Å². The lowest BCUT2D eigenvalue weighted by atomic mass is 9.91. The Morgan fingerprint density at radius 3 is 2.83 bits per heavy atom. The highest BCUT2D eigenvalue weighted by Crippen LogP contribution is 2.33. The molecule has 18 heavy (non-hydrogen) atoms. The summed E-state index contributed by atoms with van der Waals surface area (Å²) in [6.45, 7) is 2.36. The number of rotatable bonds is 3. The van der Waals surface area contributed by atoms with E-state index in [9.17, 15) is 0 Å². The van der Waals surface area contributed by atoms with Crippen LogP contribution in [-0.4, -0.2) is 6.04 Å². The molecule has 1 saturated carbocycles. The summed E-state index contributed by atoms with van der Waals surface area (Å²) in [5.74, 6) is 1.65. The maximum absolute atomic E-state index is 6.42. The van der Waals surface area contributed by atoms with Crippen LogP contribution < -0.4 is 5.73 Å². The lowest BCUT2D eigenvalue weighted by Crippen LogP contribution is -2.30. The van der Waals surface area contributed by atoms with Crippen LogP contribution >= 0.6 is 0 Å². The maximum Gasteiger partial charge on any atom is 0.0108 e. The van der Waals surface area contributed by atoms with Crippen molar-refractivity contribution in [1.29, 1.82) is 0 Å². The molecule has 3 rings (SSSR count). The second-order valence-corrected chi connectivity index (χ2v) is 6.50. The van der Waals surface area contributed by atoms with E-state index in [2.05, 4.69) is 25.1 Å². The highest BCUT2D eigenvalue weighted by Gasteiger charge is 2.26. The molecule has 1 aromatic carbocycles. The Kier molecular flexibility index (Phi) is 3.43. The van der Waals surface area contributed by atoms with E-state index in [4.69, 9.17) is 5.73 Å². The minimum Gasteiger partial charge on any atom is -0.327 e. The van der Waals surface area contributed by atoms with Crippen LogP contribution in [-0.2, 0) is 19.3 Å². The van der Waals surface area contributed by atoms with Crippen molar-refractivity contribution in [1.82, 2.24) is 0 Å². The third kappa shape index (κ3) is 2.47. The van der Waals surface area contributed by atoms with Gasteiger partial charge in [0.1, 0.15) is 0 Å². The molecule has 2 N–H and O–H groups in total. The number of hydrogen-bond acceptors (Lipinski definition) is 1. The Labute approximate surface area is 111 Å². The third-order valence-electron chi connectivity index (χ3n) is 4.98. The fraction of sp³-hybridized carbons (Fsp3) is 0.647. The van der Waals surface area contributed by atoms with Gasteiger partial charge in [-0.15, -0.1) is 0 Å². The maximum atomic E-state index is 6.42. The monoisotopic (exact) mass is 243 g/mol. The van der Waals surface area contributed by atoms with Gasteiger partial charge in [-0.3, -0.25) is 0 Å². The Bertz CT molecular complexity index is 424. The molecule has 3 unspecified atom stereocenters. The first-order valence-electron chi connectivity index (χ1n) is 7.58. The average Bonchev–Trinajstić information content (AvgIpc) is 2.96. The van der Waals surface area contributed by atoms with E-state index in [-0.39, 0.29) is 0 Å². The molecule has 0 amide bonds. The van der Waals surface area contributed by atoms with E-state index < -0.39 is 0 Å². The first kappa shape index (κ1) is 12.2. The molecular weight excluding hydrogens is 218 g/mol. The van der Waals surface area contributed by atoms with E-state index in [0.717, 1.165) is 18.3 Å². The molecule has 0 bridgehead atoms. The first-order valence-corrected chi connectivity index (χ1v) is 7.58. The van der Waals surface area contributed by atoms with Crippen molar-refractivity contribution in [2.75, 3.05) is 0 Å². The normalized spacial score (nSPS) is 28.3. The van der Waals surface area contributed by atoms with Gasteiger partial charge in [0.25, 0.3) is 0 Å². The summed E-state index contributed by atoms with van der Waals surface area (Å²) in [4.78, 5) is 0. The smallest absolute Gasteiger partial charge is 0.0108 e. The lowest BCUT2D eigenvalue weighted by Gasteiger charge is -2.19. The van der Waals surface area contributed by atoms with Crippen molar-refractivity contribution in [2.24, 2.45) is 17.6 Å². The van der Waals surface area contributed by atoms with Gasteiger partial charge in [0.2, 0.25) is 0 Å². The molecule has 1 heteroatoms. The fourth-order valence-corrected chi connectivity index (χ4v) is 3.83. The van der Waals surface area contributed by atoms with Crippen molar-refractivity contribution in [3.05, 3.63) is 34.9 Å². The van der Waals surface area contributed by atoms with Crippen molar-refractivity contribution < 1.29 is 0 Å². The van der Waals surface area contributed by atoms with Gasteiger partial charge in [0.05, 0.1) is 0 Å². The summed E-state index contributed by atoms with van der Waals surface area (Å²) < 4.78 is 0. The molecule has 1 nitrogen and oxygen atoms in total. The van der Waals surface area contributed by atoms with Crippen LogP contribution in [0.3, 0.4) is 0 Å². The highest BCUT2D eigenvalue weighted by molar-refractivity contribution is 5.35. The SMILES string of the molecule is CC1CCC(C(N)Cc2ccc3c(c2)CCC3)C1. The van der Waals surface area contributed by atoms with Gasteiger partial charge >= 0.3 is 0 Å². The standard InChI is InChI=1S/C17H25N/c1-12-5-7-16(9-12)17(18)11-13-6-8-14-3-2-4-15(14)10-13/h6,8,10,12,16-17H,2-5,7,9,11,18H2,1H3. The van der Waals surface area contributed by atoms with Gasteiger partial charge in [0.15, 0.2) is 0 Å². The first-order chi connectivity index (χ1) is 8.72. The molecule has 0 aliphatic heterocycles. The van der Waals surface area contributed by atoms with Gasteiger partial charge in [-0.2, -0.15) is 0 Å². The molecule has 0 saturated heterocycles. The predicted octanol–water partition coefficient (Wildman–Crippen LogP) is 3.48. The molecule has 0 radical (unpaired) electrons. The molecular formula is C17H25N. The van der Waals surface area contributed by atoms with E-state index in [1.165, 1.54) is 44.1 Å². The van der Waals surface area contributed by atoms with Gasteiger partial charge in [-0.05, 0) is 67.1 Å². The van der Waals surface area contributed by atoms with Crippen LogP contribution in [0.15, 0.2) is 18.2 Å². The van der Waals surface area contributed by atoms with Crippen LogP contribution in [0.2, 0.25) is 0 Å². The zero-order valence-electron chi connectivity index (χ0n) is 11.5. The van der Waals surface area contributed by atoms with E-state index in [1.54, 1.807) is 11.1 Å². The summed E-state index contributed by atoms with van der Waals surface area (Å²) in [6, 6.07) is 7.43. The highest BCUT2D eigenvalue weighted by atomic mass is 14.7. The Morgan fingerprint density at radius 2 is 2.06 bits per heavy atom. The molecule has 1 fully saturated rings. The number of fused-ring (bicyclic) bond motifs is 1. The summed E-state index contributed by atoms with van der Waals surface area (Å²) in [5, 5.41) is 0. The largest absolute Gasteiger partial charge is 0.327 e. The van der Waals surface area contributed by atoms with Crippen LogP contribution in [0.4, 0.5) is 0 Å². The summed E-state index contributed by atoms with van der Waals surface area (Å²) in [5.41, 5.74) is 11.0. The summed E-state index contributed by atoms with van der Waals surface area (Å²) >= 11 is 0. The zero-order valence-corrected chi connectivity index (χ0v) is 11.5. The third-order valence-corrected chi connectivity index (χ3v) is 4.98. The molecule has 1 aromatic rings. The Morgan fingerprint density at radius 1 is 1.22 bits per heavy atom. The van der Waals surface area contributed by atoms with Crippen molar-refractivity contribution in [2.45, 2.75) is 57.9 Å². The van der Waals surface area contributed by atoms with Gasteiger partial charge in [-0.1, -0.05) is 31.5 Å². The van der Waals surface area contributed by atoms with E-state index >= 15 is 0 Å². The van der Waals surface area contributed by atoms with Crippen LogP contribution in [0, 0.1) is 11.8 Å². The fourth-order valence-electron chi connectivity index (χ4n) is 3.83. The van der Waals surface area contributed by atoms with E-state index in [0.29, 0.717) is 6.04 Å². The molecule has 0 aromatic heterocycles. The summed E-state index contributed by atoms with van der Waals surface area (Å²) in [7, 11) is 0. The van der Waals surface area contributed by atoms with Crippen LogP contribution in [0.5, 0.6) is 0 Å². The van der Waals surface area contributed by atoms with Crippen molar-refractivity contribution in [3.8, 4) is 0 Å². The second-order valence-electron chi connectivity index (χ2n) is 6.50.